The van der Waals surface area contributed by atoms with Gasteiger partial charge in [0.25, 0.3) is 11.8 Å². The molecule has 11 heteroatoms. The minimum Gasteiger partial charge on any atom is -0.422 e. The van der Waals surface area contributed by atoms with Gasteiger partial charge in [-0.25, -0.2) is 9.69 Å². The number of anilines is 2. The van der Waals surface area contributed by atoms with Crippen LogP contribution in [0.3, 0.4) is 0 Å². The van der Waals surface area contributed by atoms with Crippen molar-refractivity contribution in [2.75, 3.05) is 10.2 Å². The van der Waals surface area contributed by atoms with E-state index in [1.807, 2.05) is 32.0 Å². The summed E-state index contributed by atoms with van der Waals surface area (Å²) in [5, 5.41) is 1.91. The summed E-state index contributed by atoms with van der Waals surface area (Å²) in [5.74, 6) is -2.17. The quantitative estimate of drug-likeness (QED) is 0.220. The van der Waals surface area contributed by atoms with E-state index in [0.29, 0.717) is 16.7 Å². The minimum absolute atomic E-state index is 0.222. The van der Waals surface area contributed by atoms with Gasteiger partial charge in [-0.1, -0.05) is 41.4 Å². The van der Waals surface area contributed by atoms with Gasteiger partial charge in [0, 0.05) is 5.69 Å². The minimum atomic E-state index is -4.72. The Morgan fingerprint density at radius 3 is 2.14 bits per heavy atom. The zero-order valence-corrected chi connectivity index (χ0v) is 20.8. The highest BCUT2D eigenvalue weighted by Crippen LogP contribution is 2.39. The summed E-state index contributed by atoms with van der Waals surface area (Å²) in [6.07, 6.45) is -4.72. The molecular formula is C26H17Cl2F3N2O4. The number of aryl methyl sites for hydroxylation is 2. The first-order valence-corrected chi connectivity index (χ1v) is 11.4. The molecule has 4 rings (SSSR count). The third kappa shape index (κ3) is 5.19. The first-order valence-electron chi connectivity index (χ1n) is 10.7. The van der Waals surface area contributed by atoms with Gasteiger partial charge < -0.3 is 10.1 Å². The van der Waals surface area contributed by atoms with Crippen LogP contribution < -0.4 is 15.0 Å². The van der Waals surface area contributed by atoms with Gasteiger partial charge in [0.05, 0.1) is 21.8 Å². The molecule has 37 heavy (non-hydrogen) atoms. The first-order chi connectivity index (χ1) is 17.4. The van der Waals surface area contributed by atoms with Crippen molar-refractivity contribution >= 4 is 52.4 Å². The Kier molecular flexibility index (Phi) is 7.03. The summed E-state index contributed by atoms with van der Waals surface area (Å²) in [5.41, 5.74) is 0.200. The highest BCUT2D eigenvalue weighted by atomic mass is 35.5. The number of benzene rings is 3. The molecule has 190 valence electrons. The number of halogens is 5. The van der Waals surface area contributed by atoms with E-state index in [2.05, 4.69) is 5.32 Å². The molecular weight excluding hydrogens is 532 g/mol. The summed E-state index contributed by atoms with van der Waals surface area (Å²) < 4.78 is 45.0. The predicted octanol–water partition coefficient (Wildman–Crippen LogP) is 6.63. The Morgan fingerprint density at radius 1 is 0.919 bits per heavy atom. The summed E-state index contributed by atoms with van der Waals surface area (Å²) in [6, 6.07) is 13.5. The topological polar surface area (TPSA) is 75.7 Å². The second-order valence-electron chi connectivity index (χ2n) is 8.11. The van der Waals surface area contributed by atoms with Gasteiger partial charge >= 0.3 is 12.1 Å². The maximum atomic E-state index is 13.2. The van der Waals surface area contributed by atoms with Gasteiger partial charge in [-0.05, 0) is 67.4 Å². The summed E-state index contributed by atoms with van der Waals surface area (Å²) in [6.45, 7) is 3.63. The van der Waals surface area contributed by atoms with Crippen LogP contribution >= 0.6 is 23.2 Å². The molecule has 0 spiro atoms. The summed E-state index contributed by atoms with van der Waals surface area (Å²) >= 11 is 12.1. The van der Waals surface area contributed by atoms with Gasteiger partial charge in [0.1, 0.15) is 16.5 Å². The van der Waals surface area contributed by atoms with E-state index < -0.39 is 40.2 Å². The van der Waals surface area contributed by atoms with Crippen molar-refractivity contribution in [2.24, 2.45) is 0 Å². The average molecular weight is 549 g/mol. The van der Waals surface area contributed by atoms with Crippen LogP contribution in [0.2, 0.25) is 5.02 Å². The van der Waals surface area contributed by atoms with Gasteiger partial charge in [0.15, 0.2) is 0 Å². The molecule has 1 aliphatic rings. The fourth-order valence-electron chi connectivity index (χ4n) is 3.64. The molecule has 1 aliphatic heterocycles. The maximum absolute atomic E-state index is 13.2. The number of hydrogen-bond donors (Lipinski definition) is 1. The van der Waals surface area contributed by atoms with Crippen molar-refractivity contribution in [3.63, 3.8) is 0 Å². The standard InChI is InChI=1S/C26H17Cl2F3N2O4/c1-13-4-3-5-14(2)22(13)37-25(36)15-6-9-17(10-7-15)32-21-20(28)23(34)33(24(21)35)19-12-16(26(29,30)31)8-11-18(19)27/h3-12,32H,1-2H3. The van der Waals surface area contributed by atoms with Crippen molar-refractivity contribution in [3.05, 3.63) is 98.7 Å². The number of para-hydroxylation sites is 1. The van der Waals surface area contributed by atoms with E-state index in [4.69, 9.17) is 27.9 Å². The Morgan fingerprint density at radius 2 is 1.54 bits per heavy atom. The molecule has 0 atom stereocenters. The van der Waals surface area contributed by atoms with Gasteiger partial charge in [-0.3, -0.25) is 9.59 Å². The lowest BCUT2D eigenvalue weighted by atomic mass is 10.1. The van der Waals surface area contributed by atoms with E-state index in [9.17, 15) is 27.6 Å². The Labute approximate surface area is 219 Å². The monoisotopic (exact) mass is 548 g/mol. The lowest BCUT2D eigenvalue weighted by Gasteiger charge is -2.18. The van der Waals surface area contributed by atoms with Crippen molar-refractivity contribution in [2.45, 2.75) is 20.0 Å². The molecule has 0 radical (unpaired) electrons. The maximum Gasteiger partial charge on any atom is 0.416 e. The highest BCUT2D eigenvalue weighted by Gasteiger charge is 2.41. The molecule has 3 aromatic carbocycles. The third-order valence-electron chi connectivity index (χ3n) is 5.54. The number of nitrogens with one attached hydrogen (secondary N) is 1. The average Bonchev–Trinajstić information content (AvgIpc) is 3.04. The fraction of sp³-hybridized carbons (Fsp3) is 0.115. The van der Waals surface area contributed by atoms with E-state index in [0.717, 1.165) is 23.3 Å². The van der Waals surface area contributed by atoms with Crippen molar-refractivity contribution in [3.8, 4) is 5.75 Å². The van der Waals surface area contributed by atoms with Gasteiger partial charge in [0.2, 0.25) is 0 Å². The number of imide groups is 1. The Bertz CT molecular complexity index is 1450. The van der Waals surface area contributed by atoms with Crippen molar-refractivity contribution in [1.82, 2.24) is 0 Å². The molecule has 3 aromatic rings. The molecule has 0 saturated heterocycles. The molecule has 0 fully saturated rings. The molecule has 0 bridgehead atoms. The van der Waals surface area contributed by atoms with Gasteiger partial charge in [-0.15, -0.1) is 0 Å². The zero-order valence-electron chi connectivity index (χ0n) is 19.2. The number of esters is 1. The number of carbonyl (C=O) groups is 3. The van der Waals surface area contributed by atoms with Crippen LogP contribution in [0.4, 0.5) is 24.5 Å². The first kappa shape index (κ1) is 26.2. The normalized spacial score (nSPS) is 13.9. The van der Waals surface area contributed by atoms with Crippen LogP contribution in [0, 0.1) is 13.8 Å². The Balaban J connectivity index is 1.54. The van der Waals surface area contributed by atoms with Crippen molar-refractivity contribution in [1.29, 1.82) is 0 Å². The smallest absolute Gasteiger partial charge is 0.416 e. The fourth-order valence-corrected chi connectivity index (χ4v) is 4.05. The SMILES string of the molecule is Cc1cccc(C)c1OC(=O)c1ccc(NC2=C(Cl)C(=O)N(c3cc(C(F)(F)F)ccc3Cl)C2=O)cc1. The second kappa shape index (κ2) is 9.91. The summed E-state index contributed by atoms with van der Waals surface area (Å²) in [7, 11) is 0. The molecule has 0 unspecified atom stereocenters. The molecule has 2 amide bonds. The van der Waals surface area contributed by atoms with Crippen LogP contribution in [0.15, 0.2) is 71.4 Å². The van der Waals surface area contributed by atoms with Gasteiger partial charge in [-0.2, -0.15) is 13.2 Å². The van der Waals surface area contributed by atoms with Crippen LogP contribution in [0.25, 0.3) is 0 Å². The number of carbonyl (C=O) groups excluding carboxylic acids is 3. The number of nitrogens with zero attached hydrogens (tertiary/aromatic N) is 1. The highest BCUT2D eigenvalue weighted by molar-refractivity contribution is 6.53. The lowest BCUT2D eigenvalue weighted by Crippen LogP contribution is -2.32. The largest absolute Gasteiger partial charge is 0.422 e. The van der Waals surface area contributed by atoms with E-state index in [1.54, 1.807) is 0 Å². The van der Waals surface area contributed by atoms with E-state index in [-0.39, 0.29) is 22.0 Å². The number of amides is 2. The zero-order chi connectivity index (χ0) is 27.1. The number of rotatable bonds is 5. The molecule has 6 nitrogen and oxygen atoms in total. The van der Waals surface area contributed by atoms with Crippen molar-refractivity contribution < 1.29 is 32.3 Å². The molecule has 1 heterocycles. The van der Waals surface area contributed by atoms with Crippen LogP contribution in [0.1, 0.15) is 27.0 Å². The van der Waals surface area contributed by atoms with Crippen LogP contribution in [-0.4, -0.2) is 17.8 Å². The molecule has 0 aromatic heterocycles. The number of hydrogen-bond acceptors (Lipinski definition) is 5. The van der Waals surface area contributed by atoms with Crippen LogP contribution in [-0.2, 0) is 15.8 Å². The van der Waals surface area contributed by atoms with E-state index in [1.165, 1.54) is 24.3 Å². The second-order valence-corrected chi connectivity index (χ2v) is 8.90. The predicted molar refractivity (Wildman–Crippen MR) is 133 cm³/mol. The Hall–Kier alpha value is -3.82. The van der Waals surface area contributed by atoms with Crippen LogP contribution in [0.5, 0.6) is 5.75 Å². The number of ether oxygens (including phenoxy) is 1. The van der Waals surface area contributed by atoms with E-state index >= 15 is 0 Å². The summed E-state index contributed by atoms with van der Waals surface area (Å²) in [4.78, 5) is 38.7. The number of alkyl halides is 3. The molecule has 0 saturated carbocycles. The lowest BCUT2D eigenvalue weighted by molar-refractivity contribution is -0.137. The molecule has 0 aliphatic carbocycles. The molecule has 1 N–H and O–H groups in total. The third-order valence-corrected chi connectivity index (χ3v) is 6.21.